The summed E-state index contributed by atoms with van der Waals surface area (Å²) >= 11 is 3.18. The standard InChI is InChI=1S/C38H22N2O2S2/c1-41-35-31-23-29(17-15-25-9-7-11-27(21-25)33-13-3-5-19-39-33)44-38(31)36(42-2)32-24-30(43-37(32)35)18-16-26-10-8-12-28(22-26)34-14-4-6-20-40-34/h3-10,13-14,19-24H,1-2H3/q-2. The third-order valence-corrected chi connectivity index (χ3v) is 9.02. The van der Waals surface area contributed by atoms with Crippen LogP contribution < -0.4 is 9.47 Å². The molecule has 0 saturated heterocycles. The van der Waals surface area contributed by atoms with E-state index in [0.717, 1.165) is 75.1 Å². The van der Waals surface area contributed by atoms with Crippen LogP contribution in [0.5, 0.6) is 11.5 Å². The van der Waals surface area contributed by atoms with E-state index in [1.807, 2.05) is 72.8 Å². The van der Waals surface area contributed by atoms with Crippen LogP contribution >= 0.6 is 22.7 Å². The molecule has 3 aromatic carbocycles. The molecule has 4 aromatic heterocycles. The van der Waals surface area contributed by atoms with Gasteiger partial charge in [0.15, 0.2) is 0 Å². The van der Waals surface area contributed by atoms with Crippen LogP contribution in [0.1, 0.15) is 20.9 Å². The Bertz CT molecular complexity index is 2050. The number of hydrogen-bond acceptors (Lipinski definition) is 6. The summed E-state index contributed by atoms with van der Waals surface area (Å²) in [6.07, 6.45) is 3.56. The van der Waals surface area contributed by atoms with Gasteiger partial charge in [0.05, 0.1) is 33.4 Å². The highest BCUT2D eigenvalue weighted by atomic mass is 32.1. The topological polar surface area (TPSA) is 44.2 Å². The number of methoxy groups -OCH3 is 2. The van der Waals surface area contributed by atoms with E-state index in [1.165, 1.54) is 0 Å². The first-order valence-corrected chi connectivity index (χ1v) is 15.3. The second-order valence-electron chi connectivity index (χ2n) is 9.69. The summed E-state index contributed by atoms with van der Waals surface area (Å²) in [5, 5.41) is 1.95. The van der Waals surface area contributed by atoms with Crippen molar-refractivity contribution in [2.45, 2.75) is 0 Å². The van der Waals surface area contributed by atoms with Crippen LogP contribution in [-0.4, -0.2) is 24.2 Å². The lowest BCUT2D eigenvalue weighted by Crippen LogP contribution is -1.88. The van der Waals surface area contributed by atoms with E-state index in [0.29, 0.717) is 0 Å². The number of benzene rings is 3. The highest BCUT2D eigenvalue weighted by Gasteiger charge is 2.20. The molecule has 0 saturated carbocycles. The molecule has 0 amide bonds. The number of hydrogen-bond donors (Lipinski definition) is 0. The molecule has 0 aliphatic rings. The fourth-order valence-corrected chi connectivity index (χ4v) is 7.02. The number of thiophene rings is 2. The number of aromatic nitrogens is 2. The molecule has 7 aromatic rings. The average molecular weight is 603 g/mol. The van der Waals surface area contributed by atoms with Crippen LogP contribution in [0.2, 0.25) is 0 Å². The molecule has 210 valence electrons. The van der Waals surface area contributed by atoms with E-state index in [9.17, 15) is 0 Å². The van der Waals surface area contributed by atoms with Gasteiger partial charge in [0.2, 0.25) is 0 Å². The van der Waals surface area contributed by atoms with E-state index in [2.05, 4.69) is 57.9 Å². The molecule has 0 aliphatic heterocycles. The minimum Gasteiger partial charge on any atom is -0.495 e. The van der Waals surface area contributed by atoms with Crippen LogP contribution in [0, 0.1) is 35.8 Å². The predicted octanol–water partition coefficient (Wildman–Crippen LogP) is 8.66. The lowest BCUT2D eigenvalue weighted by Gasteiger charge is -2.08. The van der Waals surface area contributed by atoms with Gasteiger partial charge < -0.3 is 19.4 Å². The molecular weight excluding hydrogens is 581 g/mol. The van der Waals surface area contributed by atoms with Crippen molar-refractivity contribution in [3.8, 4) is 57.7 Å². The SMILES string of the molecule is COc1c2cc(C#Cc3cc[c-]c(-c4ccccn4)c3)sc2c(OC)c2cc(C#Cc3cc[c-]c(-c4ccccn4)c3)sc12. The molecule has 0 spiro atoms. The Balaban J connectivity index is 1.24. The molecule has 4 heterocycles. The van der Waals surface area contributed by atoms with E-state index >= 15 is 0 Å². The van der Waals surface area contributed by atoms with Gasteiger partial charge in [-0.2, -0.15) is 0 Å². The van der Waals surface area contributed by atoms with Crippen LogP contribution in [-0.2, 0) is 0 Å². The molecule has 0 N–H and O–H groups in total. The minimum atomic E-state index is 0.802. The third kappa shape index (κ3) is 5.41. The lowest BCUT2D eigenvalue weighted by atomic mass is 10.1. The summed E-state index contributed by atoms with van der Waals surface area (Å²) < 4.78 is 13.9. The average Bonchev–Trinajstić information content (AvgIpc) is 3.71. The molecular formula is C38H22N2O2S2-2. The second-order valence-corrected chi connectivity index (χ2v) is 11.8. The maximum Gasteiger partial charge on any atom is 0.145 e. The van der Waals surface area contributed by atoms with Crippen LogP contribution in [0.3, 0.4) is 0 Å². The minimum absolute atomic E-state index is 0.802. The van der Waals surface area contributed by atoms with Gasteiger partial charge in [-0.05, 0) is 35.7 Å². The van der Waals surface area contributed by atoms with Gasteiger partial charge in [0, 0.05) is 23.2 Å². The lowest BCUT2D eigenvalue weighted by molar-refractivity contribution is 0.419. The normalized spacial score (nSPS) is 10.6. The zero-order valence-electron chi connectivity index (χ0n) is 23.8. The highest BCUT2D eigenvalue weighted by molar-refractivity contribution is 7.22. The Morgan fingerprint density at radius 2 is 1.07 bits per heavy atom. The number of rotatable bonds is 4. The zero-order valence-corrected chi connectivity index (χ0v) is 25.4. The largest absolute Gasteiger partial charge is 0.495 e. The first kappa shape index (κ1) is 27.4. The van der Waals surface area contributed by atoms with E-state index in [-0.39, 0.29) is 0 Å². The van der Waals surface area contributed by atoms with Crippen molar-refractivity contribution in [3.05, 3.63) is 130 Å². The third-order valence-electron chi connectivity index (χ3n) is 6.92. The van der Waals surface area contributed by atoms with Crippen LogP contribution in [0.15, 0.2) is 97.3 Å². The number of nitrogens with zero attached hydrogens (tertiary/aromatic N) is 2. The maximum absolute atomic E-state index is 5.96. The molecule has 7 rings (SSSR count). The van der Waals surface area contributed by atoms with Crippen molar-refractivity contribution in [2.75, 3.05) is 14.2 Å². The Kier molecular flexibility index (Phi) is 7.53. The van der Waals surface area contributed by atoms with Crippen molar-refractivity contribution >= 4 is 42.8 Å². The fourth-order valence-electron chi connectivity index (χ4n) is 4.93. The Morgan fingerprint density at radius 1 is 0.591 bits per heavy atom. The van der Waals surface area contributed by atoms with Gasteiger partial charge in [-0.1, -0.05) is 59.1 Å². The van der Waals surface area contributed by atoms with Gasteiger partial charge in [0.25, 0.3) is 0 Å². The molecule has 0 aliphatic carbocycles. The van der Waals surface area contributed by atoms with Crippen molar-refractivity contribution in [2.24, 2.45) is 0 Å². The molecule has 0 unspecified atom stereocenters. The van der Waals surface area contributed by atoms with E-state index < -0.39 is 0 Å². The molecule has 0 fully saturated rings. The Hall–Kier alpha value is -5.40. The van der Waals surface area contributed by atoms with Gasteiger partial charge in [-0.25, -0.2) is 0 Å². The van der Waals surface area contributed by atoms with E-state index in [1.54, 1.807) is 49.3 Å². The summed E-state index contributed by atoms with van der Waals surface area (Å²) in [5.74, 6) is 14.9. The number of pyridine rings is 2. The quantitative estimate of drug-likeness (QED) is 0.149. The van der Waals surface area contributed by atoms with Gasteiger partial charge >= 0.3 is 0 Å². The number of fused-ring (bicyclic) bond motifs is 2. The van der Waals surface area contributed by atoms with Crippen molar-refractivity contribution in [1.82, 2.24) is 9.97 Å². The molecule has 0 atom stereocenters. The molecule has 44 heavy (non-hydrogen) atoms. The monoisotopic (exact) mass is 602 g/mol. The zero-order chi connectivity index (χ0) is 29.9. The maximum atomic E-state index is 5.96. The Morgan fingerprint density at radius 3 is 1.48 bits per heavy atom. The first-order valence-electron chi connectivity index (χ1n) is 13.7. The van der Waals surface area contributed by atoms with Gasteiger partial charge in [-0.15, -0.1) is 82.3 Å². The molecule has 0 radical (unpaired) electrons. The smallest absolute Gasteiger partial charge is 0.145 e. The Labute approximate surface area is 263 Å². The van der Waals surface area contributed by atoms with Crippen molar-refractivity contribution in [1.29, 1.82) is 0 Å². The van der Waals surface area contributed by atoms with Gasteiger partial charge in [0.1, 0.15) is 11.5 Å². The fraction of sp³-hybridized carbons (Fsp3) is 0.0526. The predicted molar refractivity (Wildman–Crippen MR) is 179 cm³/mol. The van der Waals surface area contributed by atoms with Crippen LogP contribution in [0.4, 0.5) is 0 Å². The summed E-state index contributed by atoms with van der Waals surface area (Å²) in [5.41, 5.74) is 5.36. The van der Waals surface area contributed by atoms with Crippen LogP contribution in [0.25, 0.3) is 42.7 Å². The van der Waals surface area contributed by atoms with Crippen molar-refractivity contribution < 1.29 is 9.47 Å². The number of ether oxygens (including phenoxy) is 2. The summed E-state index contributed by atoms with van der Waals surface area (Å²) in [7, 11) is 3.40. The van der Waals surface area contributed by atoms with Crippen molar-refractivity contribution in [3.63, 3.8) is 0 Å². The summed E-state index contributed by atoms with van der Waals surface area (Å²) in [6, 6.07) is 34.0. The van der Waals surface area contributed by atoms with Gasteiger partial charge in [-0.3, -0.25) is 0 Å². The molecule has 4 nitrogen and oxygen atoms in total. The van der Waals surface area contributed by atoms with E-state index in [4.69, 9.17) is 9.47 Å². The first-order chi connectivity index (χ1) is 21.7. The summed E-state index contributed by atoms with van der Waals surface area (Å²) in [6.45, 7) is 0. The second kappa shape index (κ2) is 12.1. The highest BCUT2D eigenvalue weighted by Crippen LogP contribution is 2.49. The molecule has 0 bridgehead atoms. The molecule has 6 heteroatoms. The summed E-state index contributed by atoms with van der Waals surface area (Å²) in [4.78, 5) is 10.7.